The third kappa shape index (κ3) is 14.3. The van der Waals surface area contributed by atoms with Crippen LogP contribution in [-0.2, 0) is 72.3 Å². The van der Waals surface area contributed by atoms with Gasteiger partial charge in [0.15, 0.2) is 0 Å². The number of nitrogens with two attached hydrogens (primary N) is 1. The maximum absolute atomic E-state index is 15.9. The first kappa shape index (κ1) is 58.4. The van der Waals surface area contributed by atoms with Gasteiger partial charge in [-0.2, -0.15) is 0 Å². The monoisotopic (exact) mass is 1140 g/mol. The summed E-state index contributed by atoms with van der Waals surface area (Å²) in [4.78, 5) is 112. The zero-order valence-corrected chi connectivity index (χ0v) is 47.2. The molecule has 84 heavy (non-hydrogen) atoms. The molecular weight excluding hydrogens is 1070 g/mol. The Morgan fingerprint density at radius 3 is 2.06 bits per heavy atom. The number of H-pyrrole nitrogens is 1. The molecule has 440 valence electrons. The lowest BCUT2D eigenvalue weighted by Gasteiger charge is -2.40. The van der Waals surface area contributed by atoms with Gasteiger partial charge < -0.3 is 66.6 Å². The number of piperidine rings is 1. The van der Waals surface area contributed by atoms with Crippen molar-refractivity contribution in [2.24, 2.45) is 11.7 Å². The summed E-state index contributed by atoms with van der Waals surface area (Å²) in [5.74, 6) is -2.72. The molecule has 0 aliphatic carbocycles. The lowest BCUT2D eigenvalue weighted by Crippen LogP contribution is -2.63. The van der Waals surface area contributed by atoms with Gasteiger partial charge in [-0.1, -0.05) is 103 Å². The number of methoxy groups -OCH3 is 1. The van der Waals surface area contributed by atoms with Gasteiger partial charge in [0.05, 0.1) is 13.7 Å². The Balaban J connectivity index is 1.06. The molecule has 0 radical (unpaired) electrons. The summed E-state index contributed by atoms with van der Waals surface area (Å²) in [5, 5.41) is 18.8. The van der Waals surface area contributed by atoms with Crippen LogP contribution >= 0.6 is 0 Å². The molecule has 7 amide bonds. The first-order valence-corrected chi connectivity index (χ1v) is 29.1. The van der Waals surface area contributed by atoms with Crippen molar-refractivity contribution >= 4 is 52.4 Å². The summed E-state index contributed by atoms with van der Waals surface area (Å²) in [6.45, 7) is 1.75. The molecule has 20 heteroatoms. The Labute approximate surface area is 488 Å². The lowest BCUT2D eigenvalue weighted by atomic mass is 9.90. The van der Waals surface area contributed by atoms with Gasteiger partial charge in [0.25, 0.3) is 0 Å². The van der Waals surface area contributed by atoms with E-state index in [1.165, 1.54) is 9.80 Å². The van der Waals surface area contributed by atoms with Crippen LogP contribution in [0.3, 0.4) is 0 Å². The summed E-state index contributed by atoms with van der Waals surface area (Å²) in [6, 6.07) is 31.8. The van der Waals surface area contributed by atoms with Crippen molar-refractivity contribution in [2.45, 2.75) is 113 Å². The molecule has 9 N–H and O–H groups in total. The number of nitrogens with one attached hydrogen (secondary N) is 7. The van der Waals surface area contributed by atoms with Crippen LogP contribution in [0.25, 0.3) is 10.9 Å². The molecule has 4 aliphatic rings. The Bertz CT molecular complexity index is 3280. The zero-order valence-electron chi connectivity index (χ0n) is 47.2. The topological polar surface area (TPSA) is 268 Å². The molecule has 5 heterocycles. The number of aromatic nitrogens is 1. The fraction of sp³-hybridized carbons (Fsp3) is 0.391. The van der Waals surface area contributed by atoms with Crippen molar-refractivity contribution < 1.29 is 47.8 Å². The third-order valence-electron chi connectivity index (χ3n) is 16.5. The van der Waals surface area contributed by atoms with Gasteiger partial charge in [-0.15, -0.1) is 0 Å². The van der Waals surface area contributed by atoms with Crippen LogP contribution in [0.5, 0.6) is 11.5 Å². The molecular formula is C64H74N10O10. The van der Waals surface area contributed by atoms with Crippen molar-refractivity contribution in [3.8, 4) is 11.5 Å². The number of rotatable bonds is 16. The van der Waals surface area contributed by atoms with Crippen LogP contribution in [0.4, 0.5) is 4.79 Å². The van der Waals surface area contributed by atoms with Gasteiger partial charge in [0.2, 0.25) is 35.4 Å². The number of amides is 7. The van der Waals surface area contributed by atoms with Crippen molar-refractivity contribution in [3.05, 3.63) is 167 Å². The van der Waals surface area contributed by atoms with Gasteiger partial charge in [-0.25, -0.2) is 4.79 Å². The van der Waals surface area contributed by atoms with Gasteiger partial charge in [-0.05, 0) is 109 Å². The first-order chi connectivity index (χ1) is 40.9. The number of hydrogen-bond acceptors (Lipinski definition) is 12. The highest BCUT2D eigenvalue weighted by molar-refractivity contribution is 5.99. The number of nitrogens with zero attached hydrogens (tertiary/aromatic N) is 2. The molecule has 1 aromatic heterocycles. The van der Waals surface area contributed by atoms with Crippen LogP contribution in [0, 0.1) is 5.92 Å². The minimum Gasteiger partial charge on any atom is -0.496 e. The summed E-state index contributed by atoms with van der Waals surface area (Å²) in [5.41, 5.74) is 11.2. The van der Waals surface area contributed by atoms with E-state index in [0.29, 0.717) is 54.1 Å². The highest BCUT2D eigenvalue weighted by atomic mass is 16.6. The van der Waals surface area contributed by atoms with E-state index < -0.39 is 83.9 Å². The van der Waals surface area contributed by atoms with Crippen molar-refractivity contribution in [3.63, 3.8) is 0 Å². The molecule has 7 atom stereocenters. The molecule has 0 bridgehead atoms. The lowest BCUT2D eigenvalue weighted by molar-refractivity contribution is -0.151. The summed E-state index contributed by atoms with van der Waals surface area (Å²) < 4.78 is 17.7. The van der Waals surface area contributed by atoms with E-state index in [2.05, 4.69) is 36.9 Å². The summed E-state index contributed by atoms with van der Waals surface area (Å²) in [6.07, 6.45) is 1.85. The van der Waals surface area contributed by atoms with Crippen molar-refractivity contribution in [1.29, 1.82) is 0 Å². The van der Waals surface area contributed by atoms with Crippen LogP contribution in [0.2, 0.25) is 0 Å². The van der Waals surface area contributed by atoms with Crippen molar-refractivity contribution in [1.82, 2.24) is 46.7 Å². The molecule has 0 saturated carbocycles. The van der Waals surface area contributed by atoms with E-state index in [1.54, 1.807) is 31.5 Å². The predicted molar refractivity (Wildman–Crippen MR) is 314 cm³/mol. The number of alkyl carbamates (subject to hydrolysis) is 1. The van der Waals surface area contributed by atoms with Crippen LogP contribution in [-0.4, -0.2) is 139 Å². The highest BCUT2D eigenvalue weighted by Crippen LogP contribution is 2.32. The fourth-order valence-electron chi connectivity index (χ4n) is 12.0. The fourth-order valence-corrected chi connectivity index (χ4v) is 12.0. The summed E-state index contributed by atoms with van der Waals surface area (Å²) in [7, 11) is 1.55. The van der Waals surface area contributed by atoms with Crippen molar-refractivity contribution in [2.75, 3.05) is 39.8 Å². The Hall–Kier alpha value is -8.75. The van der Waals surface area contributed by atoms with Crippen LogP contribution in [0.1, 0.15) is 65.5 Å². The predicted octanol–water partition coefficient (Wildman–Crippen LogP) is 4.12. The Kier molecular flexibility index (Phi) is 19.2. The zero-order chi connectivity index (χ0) is 58.5. The molecule has 3 fully saturated rings. The Morgan fingerprint density at radius 1 is 0.655 bits per heavy atom. The number of carbonyl (C=O) groups is 7. The number of hydrogen-bond donors (Lipinski definition) is 8. The van der Waals surface area contributed by atoms with E-state index in [9.17, 15) is 4.79 Å². The number of aromatic amines is 1. The van der Waals surface area contributed by atoms with Gasteiger partial charge >= 0.3 is 6.09 Å². The Morgan fingerprint density at radius 2 is 1.32 bits per heavy atom. The maximum atomic E-state index is 15.9. The molecule has 20 nitrogen and oxygen atoms in total. The second-order valence-corrected chi connectivity index (χ2v) is 22.2. The van der Waals surface area contributed by atoms with Crippen LogP contribution in [0.15, 0.2) is 134 Å². The molecule has 0 unspecified atom stereocenters. The molecule has 10 rings (SSSR count). The van der Waals surface area contributed by atoms with Crippen LogP contribution < -0.4 is 47.1 Å². The number of ether oxygens (including phenoxy) is 3. The SMILES string of the molecule is COc1cccc2[nH]cc(C[C@H]3NC(=O)[C@H](CCc4ccccc4)NC(=O)[C@@H]4C[C@@H](OC(=O)NCCN)CN4C(=O)[C@@H]4Cc5ccccc5CN4C(=O)[C@H](Cc4ccc(OCc5ccccc5)cc4)NC(=O)[C@H](CC4CCNCC4)NC3=O)c12. The number of aryl methyl sites for hydroxylation is 1. The van der Waals surface area contributed by atoms with E-state index >= 15 is 28.8 Å². The summed E-state index contributed by atoms with van der Waals surface area (Å²) >= 11 is 0. The van der Waals surface area contributed by atoms with E-state index in [4.69, 9.17) is 19.9 Å². The van der Waals surface area contributed by atoms with Gasteiger partial charge in [0, 0.05) is 62.4 Å². The number of carbonyl (C=O) groups excluding carboxylic acids is 7. The minimum atomic E-state index is -1.33. The average molecular weight is 1140 g/mol. The van der Waals surface area contributed by atoms with Gasteiger partial charge in [-0.3, -0.25) is 28.8 Å². The second-order valence-electron chi connectivity index (χ2n) is 22.2. The highest BCUT2D eigenvalue weighted by Gasteiger charge is 2.48. The first-order valence-electron chi connectivity index (χ1n) is 29.1. The minimum absolute atomic E-state index is 0.00483. The number of benzene rings is 5. The molecule has 5 aromatic carbocycles. The largest absolute Gasteiger partial charge is 0.496 e. The molecule has 6 aromatic rings. The molecule has 3 saturated heterocycles. The molecule has 4 aliphatic heterocycles. The third-order valence-corrected chi connectivity index (χ3v) is 16.5. The smallest absolute Gasteiger partial charge is 0.407 e. The second kappa shape index (κ2) is 27.6. The molecule has 0 spiro atoms. The average Bonchev–Trinajstić information content (AvgIpc) is 3.99. The quantitative estimate of drug-likeness (QED) is 0.0681. The van der Waals surface area contributed by atoms with E-state index in [0.717, 1.165) is 40.6 Å². The maximum Gasteiger partial charge on any atom is 0.407 e. The van der Waals surface area contributed by atoms with E-state index in [-0.39, 0.29) is 70.6 Å². The standard InChI is InChI=1S/C64H74N10O10/c1-82-56-18-10-17-49-57(56)46(36-68-49)33-52-60(77)70-51(31-42-25-28-66-29-26-42)59(76)72-53(32-41-19-22-47(23-20-41)83-39-43-13-6-3-7-14-43)62(79)73-37-45-16-9-8-15-44(45)34-55(73)63(80)74-38-48(84-64(81)67-30-27-65)35-54(74)61(78)69-50(58(75)71-52)24-21-40-11-4-2-5-12-40/h2-20,22-23,36,42,48,50-55,66,68H,21,24-35,37-39,65H2,1H3,(H,67,81)(H,69,78)(H,70,77)(H,71,75)(H,72,76)/t48-,50+,51+,52-,53+,54+,55+/m1/s1. The van der Waals surface area contributed by atoms with Gasteiger partial charge in [0.1, 0.15) is 60.5 Å². The number of fused-ring (bicyclic) bond motifs is 4. The van der Waals surface area contributed by atoms with E-state index in [1.807, 2.05) is 109 Å². The normalized spacial score (nSPS) is 22.7.